The van der Waals surface area contributed by atoms with E-state index in [1.807, 2.05) is 50.9 Å². The fourth-order valence-corrected chi connectivity index (χ4v) is 12.9. The fraction of sp³-hybridized carbons (Fsp3) is 0.0938. The number of hydrogen-bond donors (Lipinski definition) is 0. The number of hydrogen-bond acceptors (Lipinski definition) is 4. The third-order valence-corrected chi connectivity index (χ3v) is 17.8. The average molecular weight is 939 g/mol. The summed E-state index contributed by atoms with van der Waals surface area (Å²) in [6, 6.07) is 60.8. The third kappa shape index (κ3) is 7.04. The molecular weight excluding hydrogens is 891 g/mol. The van der Waals surface area contributed by atoms with Crippen molar-refractivity contribution in [1.82, 2.24) is 9.97 Å². The lowest BCUT2D eigenvalue weighted by atomic mass is 9.77. The van der Waals surface area contributed by atoms with E-state index in [2.05, 4.69) is 182 Å². The first kappa shape index (κ1) is 42.6. The van der Waals surface area contributed by atoms with Crippen LogP contribution in [0.2, 0.25) is 0 Å². The van der Waals surface area contributed by atoms with Crippen LogP contribution in [-0.2, 0) is 9.13 Å². The first-order valence-corrected chi connectivity index (χ1v) is 29.2. The molecule has 0 fully saturated rings. The lowest BCUT2D eigenvalue weighted by molar-refractivity contribution is 0.587. The van der Waals surface area contributed by atoms with Gasteiger partial charge in [0, 0.05) is 71.5 Å². The monoisotopic (exact) mass is 938 g/mol. The largest absolute Gasteiger partial charge is 0.319 e. The van der Waals surface area contributed by atoms with Crippen molar-refractivity contribution < 1.29 is 9.13 Å². The van der Waals surface area contributed by atoms with Gasteiger partial charge in [0.05, 0.1) is 22.2 Å². The maximum Gasteiger partial charge on any atom is 0.109 e. The van der Waals surface area contributed by atoms with E-state index in [4.69, 9.17) is 9.97 Å². The lowest BCUT2D eigenvalue weighted by Crippen LogP contribution is -2.16. The molecule has 2 aliphatic carbocycles. The van der Waals surface area contributed by atoms with E-state index in [1.165, 1.54) is 5.56 Å². The van der Waals surface area contributed by atoms with Gasteiger partial charge in [0.2, 0.25) is 0 Å². The zero-order valence-corrected chi connectivity index (χ0v) is 41.2. The molecule has 0 bridgehead atoms. The quantitative estimate of drug-likeness (QED) is 0.0947. The number of nitrogens with zero attached hydrogens (tertiary/aromatic N) is 2. The van der Waals surface area contributed by atoms with E-state index in [0.29, 0.717) is 0 Å². The highest BCUT2D eigenvalue weighted by molar-refractivity contribution is 7.70. The summed E-state index contributed by atoms with van der Waals surface area (Å²) < 4.78 is 26.2. The van der Waals surface area contributed by atoms with Crippen molar-refractivity contribution >= 4 is 96.0 Å². The summed E-state index contributed by atoms with van der Waals surface area (Å²) in [7, 11) is -4.84. The van der Waals surface area contributed by atoms with Gasteiger partial charge in [0.25, 0.3) is 0 Å². The molecule has 2 heterocycles. The van der Waals surface area contributed by atoms with Gasteiger partial charge in [-0.3, -0.25) is 4.98 Å². The molecule has 2 atom stereocenters. The number of allylic oxidation sites excluding steroid dienone is 5. The Kier molecular flexibility index (Phi) is 9.76. The molecule has 0 amide bonds. The molecule has 0 aliphatic heterocycles. The standard InChI is InChI=1S/C64H48N2O2P2/c1-69(2,67)49-27-19-41(20-28-49)59-55-31-21-39-11-5-7-17-51(39)61(55)65-63-53-29-23-44(35-46(53)25-33-56(59)63)45-24-30-54-47(36-45)26-34-58-60(57-32-22-40-12-6-8-18-52(40)62(57)66-64(54)58)48-15-9-13-42(37-48)43-14-10-16-50(38-43)70(3,4)68/h5-39,51H,1-4H3. The molecule has 0 spiro atoms. The van der Waals surface area contributed by atoms with Crippen LogP contribution >= 0.6 is 14.3 Å². The summed E-state index contributed by atoms with van der Waals surface area (Å²) in [4.78, 5) is 11.1. The third-order valence-electron chi connectivity index (χ3n) is 14.7. The molecule has 0 saturated heterocycles. The maximum absolute atomic E-state index is 13.1. The van der Waals surface area contributed by atoms with E-state index in [1.54, 1.807) is 0 Å². The van der Waals surface area contributed by atoms with Crippen molar-refractivity contribution in [1.29, 1.82) is 0 Å². The van der Waals surface area contributed by atoms with Crippen LogP contribution in [0.1, 0.15) is 17.2 Å². The molecule has 2 unspecified atom stereocenters. The van der Waals surface area contributed by atoms with Gasteiger partial charge >= 0.3 is 0 Å². The number of pyridine rings is 2. The topological polar surface area (TPSA) is 59.9 Å². The van der Waals surface area contributed by atoms with Crippen molar-refractivity contribution in [2.75, 3.05) is 26.7 Å². The normalized spacial score (nSPS) is 15.7. The van der Waals surface area contributed by atoms with Crippen molar-refractivity contribution in [2.45, 2.75) is 5.92 Å². The Bertz CT molecular complexity index is 4250. The number of rotatable bonds is 6. The van der Waals surface area contributed by atoms with Crippen molar-refractivity contribution in [3.63, 3.8) is 0 Å². The van der Waals surface area contributed by atoms with Gasteiger partial charge in [-0.2, -0.15) is 0 Å². The molecule has 336 valence electrons. The summed E-state index contributed by atoms with van der Waals surface area (Å²) in [5.74, 6) is 0.409. The first-order chi connectivity index (χ1) is 33.9. The number of benzene rings is 9. The van der Waals surface area contributed by atoms with Crippen LogP contribution in [0.15, 0.2) is 200 Å². The predicted molar refractivity (Wildman–Crippen MR) is 301 cm³/mol. The summed E-state index contributed by atoms with van der Waals surface area (Å²) in [6.45, 7) is 7.32. The number of aromatic nitrogens is 2. The van der Waals surface area contributed by atoms with Crippen molar-refractivity contribution in [3.05, 3.63) is 211 Å². The van der Waals surface area contributed by atoms with Crippen LogP contribution in [0.25, 0.3) is 116 Å². The summed E-state index contributed by atoms with van der Waals surface area (Å²) >= 11 is 0. The highest BCUT2D eigenvalue weighted by Gasteiger charge is 2.29. The van der Waals surface area contributed by atoms with Gasteiger partial charge in [-0.1, -0.05) is 182 Å². The highest BCUT2D eigenvalue weighted by atomic mass is 31.2. The molecule has 0 radical (unpaired) electrons. The predicted octanol–water partition coefficient (Wildman–Crippen LogP) is 16.4. The van der Waals surface area contributed by atoms with Crippen LogP contribution in [0.3, 0.4) is 0 Å². The first-order valence-electron chi connectivity index (χ1n) is 24.0. The van der Waals surface area contributed by atoms with E-state index in [0.717, 1.165) is 126 Å². The van der Waals surface area contributed by atoms with Gasteiger partial charge in [-0.25, -0.2) is 4.98 Å². The van der Waals surface area contributed by atoms with Gasteiger partial charge in [0.1, 0.15) is 14.3 Å². The molecule has 13 rings (SSSR count). The molecule has 2 aliphatic rings. The molecule has 0 saturated carbocycles. The van der Waals surface area contributed by atoms with E-state index in [9.17, 15) is 9.13 Å². The summed E-state index contributed by atoms with van der Waals surface area (Å²) in [6.07, 6.45) is 13.4. The summed E-state index contributed by atoms with van der Waals surface area (Å²) in [5, 5.41) is 11.8. The van der Waals surface area contributed by atoms with Crippen LogP contribution in [-0.4, -0.2) is 36.6 Å². The smallest absolute Gasteiger partial charge is 0.109 e. The van der Waals surface area contributed by atoms with Crippen LogP contribution in [0.4, 0.5) is 0 Å². The van der Waals surface area contributed by atoms with Gasteiger partial charge in [-0.15, -0.1) is 0 Å². The second kappa shape index (κ2) is 16.0. The Labute approximate surface area is 407 Å². The lowest BCUT2D eigenvalue weighted by Gasteiger charge is -2.29. The zero-order valence-electron chi connectivity index (χ0n) is 39.4. The highest BCUT2D eigenvalue weighted by Crippen LogP contribution is 2.47. The maximum atomic E-state index is 13.1. The molecule has 2 aromatic heterocycles. The van der Waals surface area contributed by atoms with Crippen molar-refractivity contribution in [3.8, 4) is 44.5 Å². The molecule has 4 nitrogen and oxygen atoms in total. The molecule has 70 heavy (non-hydrogen) atoms. The zero-order chi connectivity index (χ0) is 47.5. The molecule has 9 aromatic carbocycles. The second-order valence-corrected chi connectivity index (χ2v) is 26.3. The Morgan fingerprint density at radius 1 is 0.386 bits per heavy atom. The van der Waals surface area contributed by atoms with Gasteiger partial charge < -0.3 is 9.13 Å². The van der Waals surface area contributed by atoms with Gasteiger partial charge in [0.15, 0.2) is 0 Å². The molecule has 6 heteroatoms. The molecular formula is C64H48N2O2P2. The Morgan fingerprint density at radius 2 is 0.914 bits per heavy atom. The second-order valence-electron chi connectivity index (χ2n) is 19.9. The Morgan fingerprint density at radius 3 is 1.60 bits per heavy atom. The number of fused-ring (bicyclic) bond motifs is 12. The van der Waals surface area contributed by atoms with E-state index in [-0.39, 0.29) is 11.8 Å². The minimum absolute atomic E-state index is 0.150. The van der Waals surface area contributed by atoms with Crippen molar-refractivity contribution in [2.24, 2.45) is 5.92 Å². The minimum Gasteiger partial charge on any atom is -0.319 e. The SMILES string of the molecule is CP(C)(=O)c1ccc(-c2c3c(nc4c2ccc2cc(-c5ccc6c(ccc7c(-c8cccc(-c9cccc(P(C)(C)=O)c9)c8)c8ccc9ccccc9c8nc76)c5)ccc24)C2C=CC=CC2C=C3)cc1. The Hall–Kier alpha value is -7.48. The molecule has 11 aromatic rings. The van der Waals surface area contributed by atoms with E-state index < -0.39 is 14.3 Å². The minimum atomic E-state index is -2.44. The average Bonchev–Trinajstić information content (AvgIpc) is 3.38. The van der Waals surface area contributed by atoms with Crippen LogP contribution in [0.5, 0.6) is 0 Å². The van der Waals surface area contributed by atoms with E-state index >= 15 is 0 Å². The Balaban J connectivity index is 0.956. The molecule has 0 N–H and O–H groups in total. The fourth-order valence-electron chi connectivity index (χ4n) is 11.1. The summed E-state index contributed by atoms with van der Waals surface area (Å²) in [5.41, 5.74) is 14.1. The van der Waals surface area contributed by atoms with Crippen LogP contribution < -0.4 is 10.6 Å². The van der Waals surface area contributed by atoms with Crippen LogP contribution in [0, 0.1) is 5.92 Å². The van der Waals surface area contributed by atoms with Gasteiger partial charge in [-0.05, 0) is 100 Å².